The second kappa shape index (κ2) is 8.88. The third-order valence-electron chi connectivity index (χ3n) is 3.34. The Hall–Kier alpha value is -0.190. The molecular formula is C13H21Cl3N2O. The maximum Gasteiger partial charge on any atom is 0.134 e. The van der Waals surface area contributed by atoms with Crippen molar-refractivity contribution in [2.45, 2.75) is 19.4 Å². The van der Waals surface area contributed by atoms with E-state index in [1.807, 2.05) is 12.1 Å². The summed E-state index contributed by atoms with van der Waals surface area (Å²) in [5, 5.41) is 13.3. The number of piperazine rings is 1. The van der Waals surface area contributed by atoms with Gasteiger partial charge in [-0.3, -0.25) is 4.90 Å². The van der Waals surface area contributed by atoms with Crippen molar-refractivity contribution in [1.82, 2.24) is 10.2 Å². The van der Waals surface area contributed by atoms with Crippen LogP contribution in [0.15, 0.2) is 18.2 Å². The molecule has 1 saturated heterocycles. The van der Waals surface area contributed by atoms with Gasteiger partial charge in [0.25, 0.3) is 0 Å². The Kier molecular flexibility index (Phi) is 8.79. The number of phenols is 1. The molecule has 0 amide bonds. The highest BCUT2D eigenvalue weighted by atomic mass is 35.5. The average molecular weight is 328 g/mol. The monoisotopic (exact) mass is 326 g/mol. The molecule has 0 aliphatic carbocycles. The highest BCUT2D eigenvalue weighted by Crippen LogP contribution is 2.30. The maximum absolute atomic E-state index is 9.45. The molecule has 19 heavy (non-hydrogen) atoms. The van der Waals surface area contributed by atoms with Gasteiger partial charge < -0.3 is 10.4 Å². The standard InChI is InChI=1S/C13H19ClN2O.2ClH/c1-2-12(16-7-5-15-6-8-16)10-3-4-13(17)11(14)9-10;;/h3-4,9,12,15,17H,2,5-8H2,1H3;2*1H/t12-;;/m1../s1. The highest BCUT2D eigenvalue weighted by Gasteiger charge is 2.20. The Labute approximate surface area is 132 Å². The van der Waals surface area contributed by atoms with Crippen molar-refractivity contribution in [2.75, 3.05) is 26.2 Å². The zero-order chi connectivity index (χ0) is 12.3. The molecule has 110 valence electrons. The Balaban J connectivity index is 0.00000162. The van der Waals surface area contributed by atoms with Crippen LogP contribution in [0.5, 0.6) is 5.75 Å². The van der Waals surface area contributed by atoms with E-state index in [1.54, 1.807) is 6.07 Å². The van der Waals surface area contributed by atoms with Crippen LogP contribution in [-0.2, 0) is 0 Å². The minimum Gasteiger partial charge on any atom is -0.506 e. The van der Waals surface area contributed by atoms with Crippen LogP contribution in [0.25, 0.3) is 0 Å². The predicted octanol–water partition coefficient (Wildman–Crippen LogP) is 3.25. The summed E-state index contributed by atoms with van der Waals surface area (Å²) in [6.45, 7) is 6.41. The minimum atomic E-state index is 0. The number of benzene rings is 1. The van der Waals surface area contributed by atoms with Crippen LogP contribution in [0.4, 0.5) is 0 Å². The molecule has 2 N–H and O–H groups in total. The molecule has 0 radical (unpaired) electrons. The fourth-order valence-corrected chi connectivity index (χ4v) is 2.62. The summed E-state index contributed by atoms with van der Waals surface area (Å²) in [5.41, 5.74) is 1.19. The number of aromatic hydroxyl groups is 1. The topological polar surface area (TPSA) is 35.5 Å². The molecule has 0 unspecified atom stereocenters. The van der Waals surface area contributed by atoms with Gasteiger partial charge in [-0.2, -0.15) is 0 Å². The third kappa shape index (κ3) is 4.69. The highest BCUT2D eigenvalue weighted by molar-refractivity contribution is 6.32. The van der Waals surface area contributed by atoms with Crippen molar-refractivity contribution in [2.24, 2.45) is 0 Å². The zero-order valence-electron chi connectivity index (χ0n) is 10.9. The summed E-state index contributed by atoms with van der Waals surface area (Å²) in [6, 6.07) is 5.93. The van der Waals surface area contributed by atoms with Crippen molar-refractivity contribution in [1.29, 1.82) is 0 Å². The van der Waals surface area contributed by atoms with Crippen LogP contribution in [0.2, 0.25) is 5.02 Å². The Morgan fingerprint density at radius 1 is 1.32 bits per heavy atom. The number of rotatable bonds is 3. The summed E-state index contributed by atoms with van der Waals surface area (Å²) < 4.78 is 0. The lowest BCUT2D eigenvalue weighted by molar-refractivity contribution is 0.169. The molecule has 2 rings (SSSR count). The number of nitrogens with zero attached hydrogens (tertiary/aromatic N) is 1. The van der Waals surface area contributed by atoms with Gasteiger partial charge in [0.05, 0.1) is 5.02 Å². The maximum atomic E-state index is 9.45. The van der Waals surface area contributed by atoms with Gasteiger partial charge in [-0.1, -0.05) is 24.6 Å². The Morgan fingerprint density at radius 2 is 1.95 bits per heavy atom. The van der Waals surface area contributed by atoms with Gasteiger partial charge in [0.2, 0.25) is 0 Å². The Morgan fingerprint density at radius 3 is 2.47 bits per heavy atom. The van der Waals surface area contributed by atoms with Crippen LogP contribution in [0.3, 0.4) is 0 Å². The van der Waals surface area contributed by atoms with E-state index in [0.717, 1.165) is 32.6 Å². The van der Waals surface area contributed by atoms with Crippen LogP contribution in [0, 0.1) is 0 Å². The van der Waals surface area contributed by atoms with E-state index in [1.165, 1.54) is 5.56 Å². The molecule has 3 nitrogen and oxygen atoms in total. The molecule has 1 aromatic rings. The van der Waals surface area contributed by atoms with Gasteiger partial charge in [0.15, 0.2) is 0 Å². The molecule has 1 fully saturated rings. The molecule has 1 aliphatic rings. The van der Waals surface area contributed by atoms with Crippen molar-refractivity contribution < 1.29 is 5.11 Å². The first-order valence-corrected chi connectivity index (χ1v) is 6.53. The SMILES string of the molecule is CC[C@H](c1ccc(O)c(Cl)c1)N1CCNCC1.Cl.Cl. The van der Waals surface area contributed by atoms with E-state index in [0.29, 0.717) is 11.1 Å². The zero-order valence-corrected chi connectivity index (χ0v) is 13.3. The first-order valence-electron chi connectivity index (χ1n) is 6.15. The van der Waals surface area contributed by atoms with Crippen molar-refractivity contribution >= 4 is 36.4 Å². The predicted molar refractivity (Wildman–Crippen MR) is 85.1 cm³/mol. The molecule has 1 aromatic carbocycles. The fourth-order valence-electron chi connectivity index (χ4n) is 2.43. The molecule has 0 saturated carbocycles. The molecule has 1 heterocycles. The van der Waals surface area contributed by atoms with Crippen LogP contribution in [-0.4, -0.2) is 36.2 Å². The van der Waals surface area contributed by atoms with E-state index < -0.39 is 0 Å². The lowest BCUT2D eigenvalue weighted by Crippen LogP contribution is -2.45. The average Bonchev–Trinajstić information content (AvgIpc) is 2.36. The minimum absolute atomic E-state index is 0. The van der Waals surface area contributed by atoms with Gasteiger partial charge in [0.1, 0.15) is 5.75 Å². The van der Waals surface area contributed by atoms with Gasteiger partial charge >= 0.3 is 0 Å². The number of nitrogens with one attached hydrogen (secondary N) is 1. The number of hydrogen-bond donors (Lipinski definition) is 2. The van der Waals surface area contributed by atoms with E-state index in [-0.39, 0.29) is 30.6 Å². The first-order chi connectivity index (χ1) is 8.22. The smallest absolute Gasteiger partial charge is 0.134 e. The van der Waals surface area contributed by atoms with Gasteiger partial charge in [-0.15, -0.1) is 24.8 Å². The Bertz CT molecular complexity index is 384. The number of phenolic OH excluding ortho intramolecular Hbond substituents is 1. The van der Waals surface area contributed by atoms with E-state index in [4.69, 9.17) is 11.6 Å². The number of hydrogen-bond acceptors (Lipinski definition) is 3. The third-order valence-corrected chi connectivity index (χ3v) is 3.64. The normalized spacial score (nSPS) is 17.2. The van der Waals surface area contributed by atoms with Gasteiger partial charge in [-0.25, -0.2) is 0 Å². The van der Waals surface area contributed by atoms with Crippen LogP contribution >= 0.6 is 36.4 Å². The second-order valence-electron chi connectivity index (χ2n) is 4.42. The number of halogens is 3. The molecule has 0 aromatic heterocycles. The summed E-state index contributed by atoms with van der Waals surface area (Å²) >= 11 is 5.97. The van der Waals surface area contributed by atoms with Crippen molar-refractivity contribution in [3.8, 4) is 5.75 Å². The van der Waals surface area contributed by atoms with Crippen molar-refractivity contribution in [3.63, 3.8) is 0 Å². The molecule has 0 bridgehead atoms. The quantitative estimate of drug-likeness (QED) is 0.894. The second-order valence-corrected chi connectivity index (χ2v) is 4.83. The molecule has 1 atom stereocenters. The summed E-state index contributed by atoms with van der Waals surface area (Å²) in [6.07, 6.45) is 1.06. The molecule has 0 spiro atoms. The van der Waals surface area contributed by atoms with E-state index >= 15 is 0 Å². The van der Waals surface area contributed by atoms with Crippen molar-refractivity contribution in [3.05, 3.63) is 28.8 Å². The molecular weight excluding hydrogens is 307 g/mol. The lowest BCUT2D eigenvalue weighted by atomic mass is 10.0. The summed E-state index contributed by atoms with van der Waals surface area (Å²) in [7, 11) is 0. The molecule has 6 heteroatoms. The van der Waals surface area contributed by atoms with Crippen LogP contribution < -0.4 is 5.32 Å². The lowest BCUT2D eigenvalue weighted by Gasteiger charge is -2.34. The largest absolute Gasteiger partial charge is 0.506 e. The fraction of sp³-hybridized carbons (Fsp3) is 0.538. The summed E-state index contributed by atoms with van der Waals surface area (Å²) in [5.74, 6) is 0.158. The van der Waals surface area contributed by atoms with E-state index in [9.17, 15) is 5.11 Å². The van der Waals surface area contributed by atoms with Gasteiger partial charge in [-0.05, 0) is 24.1 Å². The van der Waals surface area contributed by atoms with E-state index in [2.05, 4.69) is 17.1 Å². The van der Waals surface area contributed by atoms with Crippen LogP contribution in [0.1, 0.15) is 24.9 Å². The molecule has 1 aliphatic heterocycles. The van der Waals surface area contributed by atoms with Gasteiger partial charge in [0, 0.05) is 32.2 Å². The summed E-state index contributed by atoms with van der Waals surface area (Å²) in [4.78, 5) is 2.47. The first kappa shape index (κ1) is 18.8.